The molecule has 1 aliphatic heterocycles. The van der Waals surface area contributed by atoms with E-state index >= 15 is 0 Å². The molecule has 1 N–H and O–H groups in total. The molecule has 0 aliphatic carbocycles. The number of Topliss-reactive ketones (excluding diaryl/α,β-unsaturated/α-hetero) is 1. The Labute approximate surface area is 179 Å². The highest BCUT2D eigenvalue weighted by Crippen LogP contribution is 2.35. The zero-order valence-corrected chi connectivity index (χ0v) is 16.6. The Morgan fingerprint density at radius 2 is 1.72 bits per heavy atom. The summed E-state index contributed by atoms with van der Waals surface area (Å²) in [4.78, 5) is 26.0. The summed E-state index contributed by atoms with van der Waals surface area (Å²) in [7, 11) is 0. The first kappa shape index (κ1) is 23.6. The normalized spacial score (nSPS) is 17.5. The van der Waals surface area contributed by atoms with Crippen LogP contribution in [0.4, 0.5) is 26.3 Å². The highest BCUT2D eigenvalue weighted by atomic mass is 19.4. The standard InChI is InChI=1S/C22H19F6NO3/c23-21(24,25)15-6-7-16(19(31)10-15)18(30)9-13-5-8-20(32)29(11-13)12-14-3-1-2-4-17(14)22(26,27)28/h1-4,6-7,10,13,31H,5,8-9,11-12H2. The number of carbonyl (C=O) groups is 2. The topological polar surface area (TPSA) is 57.6 Å². The van der Waals surface area contributed by atoms with E-state index in [1.54, 1.807) is 0 Å². The number of carbonyl (C=O) groups excluding carboxylic acids is 2. The number of phenols is 1. The quantitative estimate of drug-likeness (QED) is 0.479. The van der Waals surface area contributed by atoms with E-state index in [-0.39, 0.29) is 43.0 Å². The minimum Gasteiger partial charge on any atom is -0.507 e. The number of halogens is 6. The van der Waals surface area contributed by atoms with Gasteiger partial charge in [0.05, 0.1) is 16.7 Å². The largest absolute Gasteiger partial charge is 0.507 e. The van der Waals surface area contributed by atoms with Gasteiger partial charge in [0.25, 0.3) is 0 Å². The fourth-order valence-corrected chi connectivity index (χ4v) is 3.77. The van der Waals surface area contributed by atoms with E-state index in [1.807, 2.05) is 0 Å². The average Bonchev–Trinajstić information content (AvgIpc) is 2.69. The second-order valence-corrected chi connectivity index (χ2v) is 7.69. The third kappa shape index (κ3) is 5.41. The van der Waals surface area contributed by atoms with Crippen molar-refractivity contribution in [2.45, 2.75) is 38.2 Å². The van der Waals surface area contributed by atoms with Gasteiger partial charge >= 0.3 is 12.4 Å². The van der Waals surface area contributed by atoms with Crippen molar-refractivity contribution in [3.8, 4) is 5.75 Å². The number of ketones is 1. The molecular weight excluding hydrogens is 440 g/mol. The predicted octanol–water partition coefficient (Wildman–Crippen LogP) is 5.44. The third-order valence-corrected chi connectivity index (χ3v) is 5.38. The van der Waals surface area contributed by atoms with E-state index in [9.17, 15) is 41.0 Å². The van der Waals surface area contributed by atoms with Gasteiger partial charge in [-0.05, 0) is 42.2 Å². The van der Waals surface area contributed by atoms with Crippen LogP contribution in [0.15, 0.2) is 42.5 Å². The molecule has 1 aliphatic rings. The molecule has 1 amide bonds. The minimum absolute atomic E-state index is 0.0260. The number of nitrogens with zero attached hydrogens (tertiary/aromatic N) is 1. The van der Waals surface area contributed by atoms with Crippen molar-refractivity contribution < 1.29 is 41.0 Å². The highest BCUT2D eigenvalue weighted by Gasteiger charge is 2.35. The van der Waals surface area contributed by atoms with Crippen molar-refractivity contribution in [1.29, 1.82) is 0 Å². The Hall–Kier alpha value is -3.04. The van der Waals surface area contributed by atoms with Crippen LogP contribution in [0.5, 0.6) is 5.75 Å². The van der Waals surface area contributed by atoms with E-state index < -0.39 is 40.9 Å². The van der Waals surface area contributed by atoms with Gasteiger partial charge in [0.1, 0.15) is 5.75 Å². The van der Waals surface area contributed by atoms with Crippen molar-refractivity contribution in [1.82, 2.24) is 4.90 Å². The fraction of sp³-hybridized carbons (Fsp3) is 0.364. The van der Waals surface area contributed by atoms with Gasteiger partial charge in [-0.2, -0.15) is 26.3 Å². The molecule has 0 aromatic heterocycles. The number of hydrogen-bond acceptors (Lipinski definition) is 3. The maximum Gasteiger partial charge on any atom is 0.416 e. The first-order chi connectivity index (χ1) is 14.9. The molecule has 0 saturated carbocycles. The van der Waals surface area contributed by atoms with Crippen molar-refractivity contribution >= 4 is 11.7 Å². The van der Waals surface area contributed by atoms with Crippen molar-refractivity contribution in [2.75, 3.05) is 6.54 Å². The first-order valence-corrected chi connectivity index (χ1v) is 9.72. The number of hydrogen-bond donors (Lipinski definition) is 1. The van der Waals surface area contributed by atoms with Crippen LogP contribution in [0.1, 0.15) is 46.3 Å². The van der Waals surface area contributed by atoms with Crippen LogP contribution in [0, 0.1) is 5.92 Å². The van der Waals surface area contributed by atoms with Crippen molar-refractivity contribution in [3.05, 3.63) is 64.7 Å². The monoisotopic (exact) mass is 459 g/mol. The lowest BCUT2D eigenvalue weighted by Crippen LogP contribution is -2.40. The van der Waals surface area contributed by atoms with Crippen molar-refractivity contribution in [3.63, 3.8) is 0 Å². The number of amides is 1. The molecule has 1 saturated heterocycles. The summed E-state index contributed by atoms with van der Waals surface area (Å²) >= 11 is 0. The van der Waals surface area contributed by atoms with Crippen LogP contribution in [-0.4, -0.2) is 28.2 Å². The molecule has 1 heterocycles. The van der Waals surface area contributed by atoms with Gasteiger partial charge in [-0.15, -0.1) is 0 Å². The Morgan fingerprint density at radius 1 is 1.03 bits per heavy atom. The van der Waals surface area contributed by atoms with E-state index in [0.717, 1.165) is 12.1 Å². The zero-order valence-electron chi connectivity index (χ0n) is 16.6. The van der Waals surface area contributed by atoms with Crippen LogP contribution in [0.2, 0.25) is 0 Å². The second kappa shape index (κ2) is 8.84. The van der Waals surface area contributed by atoms with E-state index in [2.05, 4.69) is 0 Å². The number of benzene rings is 2. The summed E-state index contributed by atoms with van der Waals surface area (Å²) in [6.45, 7) is -0.247. The summed E-state index contributed by atoms with van der Waals surface area (Å²) in [6, 6.07) is 6.96. The molecule has 2 aromatic rings. The Balaban J connectivity index is 1.71. The molecule has 10 heteroatoms. The van der Waals surface area contributed by atoms with Gasteiger partial charge in [-0.25, -0.2) is 0 Å². The van der Waals surface area contributed by atoms with Gasteiger partial charge in [0.15, 0.2) is 5.78 Å². The fourth-order valence-electron chi connectivity index (χ4n) is 3.77. The number of alkyl halides is 6. The summed E-state index contributed by atoms with van der Waals surface area (Å²) in [5.41, 5.74) is -2.28. The van der Waals surface area contributed by atoms with Gasteiger partial charge < -0.3 is 10.0 Å². The lowest BCUT2D eigenvalue weighted by Gasteiger charge is -2.33. The SMILES string of the molecule is O=C(CC1CCC(=O)N(Cc2ccccc2C(F)(F)F)C1)c1ccc(C(F)(F)F)cc1O. The first-order valence-electron chi connectivity index (χ1n) is 9.72. The van der Waals surface area contributed by atoms with Crippen LogP contribution in [0.3, 0.4) is 0 Å². The van der Waals surface area contributed by atoms with Crippen LogP contribution in [-0.2, 0) is 23.7 Å². The van der Waals surface area contributed by atoms with Gasteiger partial charge in [0.2, 0.25) is 5.91 Å². The smallest absolute Gasteiger partial charge is 0.416 e. The third-order valence-electron chi connectivity index (χ3n) is 5.38. The molecular formula is C22H19F6NO3. The molecule has 0 radical (unpaired) electrons. The molecule has 3 rings (SSSR count). The van der Waals surface area contributed by atoms with E-state index in [1.165, 1.54) is 23.1 Å². The van der Waals surface area contributed by atoms with Gasteiger partial charge in [0, 0.05) is 25.9 Å². The molecule has 0 bridgehead atoms. The summed E-state index contributed by atoms with van der Waals surface area (Å²) in [5, 5.41) is 9.86. The Morgan fingerprint density at radius 3 is 2.34 bits per heavy atom. The average molecular weight is 459 g/mol. The minimum atomic E-state index is -4.67. The highest BCUT2D eigenvalue weighted by molar-refractivity contribution is 5.98. The lowest BCUT2D eigenvalue weighted by atomic mass is 9.89. The summed E-state index contributed by atoms with van der Waals surface area (Å²) in [5.74, 6) is -2.15. The number of rotatable bonds is 5. The van der Waals surface area contributed by atoms with Gasteiger partial charge in [-0.3, -0.25) is 9.59 Å². The number of piperidine rings is 1. The van der Waals surface area contributed by atoms with Crippen molar-refractivity contribution in [2.24, 2.45) is 5.92 Å². The van der Waals surface area contributed by atoms with E-state index in [0.29, 0.717) is 18.6 Å². The molecule has 1 atom stereocenters. The molecule has 4 nitrogen and oxygen atoms in total. The molecule has 1 unspecified atom stereocenters. The van der Waals surface area contributed by atoms with Crippen LogP contribution in [0.25, 0.3) is 0 Å². The predicted molar refractivity (Wildman–Crippen MR) is 102 cm³/mol. The summed E-state index contributed by atoms with van der Waals surface area (Å²) in [6.07, 6.45) is -9.07. The van der Waals surface area contributed by atoms with Gasteiger partial charge in [-0.1, -0.05) is 18.2 Å². The number of phenolic OH excluding ortho intramolecular Hbond substituents is 1. The summed E-state index contributed by atoms with van der Waals surface area (Å²) < 4.78 is 77.9. The number of aromatic hydroxyl groups is 1. The van der Waals surface area contributed by atoms with Crippen LogP contribution < -0.4 is 0 Å². The maximum atomic E-state index is 13.2. The lowest BCUT2D eigenvalue weighted by molar-refractivity contribution is -0.141. The molecule has 2 aromatic carbocycles. The Bertz CT molecular complexity index is 1020. The molecule has 0 spiro atoms. The maximum absolute atomic E-state index is 13.2. The number of likely N-dealkylation sites (tertiary alicyclic amines) is 1. The Kier molecular flexibility index (Phi) is 6.52. The molecule has 172 valence electrons. The second-order valence-electron chi connectivity index (χ2n) is 7.69. The molecule has 32 heavy (non-hydrogen) atoms. The van der Waals surface area contributed by atoms with E-state index in [4.69, 9.17) is 0 Å². The van der Waals surface area contributed by atoms with Crippen LogP contribution >= 0.6 is 0 Å². The zero-order chi connectivity index (χ0) is 23.7. The molecule has 1 fully saturated rings.